The van der Waals surface area contributed by atoms with Crippen LogP contribution in [0.4, 0.5) is 17.6 Å². The molecule has 0 atom stereocenters. The van der Waals surface area contributed by atoms with Gasteiger partial charge in [-0.05, 0) is 55.3 Å². The Kier molecular flexibility index (Phi) is 8.10. The number of benzene rings is 2. The van der Waals surface area contributed by atoms with E-state index in [-0.39, 0.29) is 49.3 Å². The van der Waals surface area contributed by atoms with Crippen LogP contribution in [0, 0.1) is 11.2 Å². The zero-order valence-corrected chi connectivity index (χ0v) is 20.3. The first-order valence-electron chi connectivity index (χ1n) is 11.2. The highest BCUT2D eigenvalue weighted by atomic mass is 32.2. The summed E-state index contributed by atoms with van der Waals surface area (Å²) in [7, 11) is -3.78. The van der Waals surface area contributed by atoms with E-state index in [0.717, 1.165) is 24.3 Å². The smallest absolute Gasteiger partial charge is 0.416 e. The molecule has 6 nitrogen and oxygen atoms in total. The number of alkyl halides is 3. The Morgan fingerprint density at radius 1 is 1.00 bits per heavy atom. The van der Waals surface area contributed by atoms with Crippen molar-refractivity contribution in [1.82, 2.24) is 9.21 Å². The second kappa shape index (κ2) is 10.5. The predicted molar refractivity (Wildman–Crippen MR) is 122 cm³/mol. The van der Waals surface area contributed by atoms with Crippen molar-refractivity contribution in [3.05, 3.63) is 59.9 Å². The van der Waals surface area contributed by atoms with Crippen LogP contribution < -0.4 is 4.74 Å². The van der Waals surface area contributed by atoms with E-state index < -0.39 is 33.0 Å². The van der Waals surface area contributed by atoms with Gasteiger partial charge >= 0.3 is 6.18 Å². The van der Waals surface area contributed by atoms with Crippen LogP contribution in [0.5, 0.6) is 5.75 Å². The van der Waals surface area contributed by atoms with E-state index in [9.17, 15) is 30.8 Å². The number of halogens is 4. The SMILES string of the molecule is CC(C)(CCCOc1cccc(C(F)(F)F)c1)C(=O)N1CCN(S(=O)(=O)c2ccc(F)cc2)CC1. The molecule has 1 aliphatic heterocycles. The second-order valence-electron chi connectivity index (χ2n) is 9.01. The first-order chi connectivity index (χ1) is 16.3. The number of carbonyl (C=O) groups excluding carboxylic acids is 1. The van der Waals surface area contributed by atoms with E-state index >= 15 is 0 Å². The summed E-state index contributed by atoms with van der Waals surface area (Å²) in [4.78, 5) is 14.7. The highest BCUT2D eigenvalue weighted by molar-refractivity contribution is 7.89. The normalized spacial score (nSPS) is 15.8. The van der Waals surface area contributed by atoms with Gasteiger partial charge in [0.1, 0.15) is 11.6 Å². The minimum absolute atomic E-state index is 0.000207. The number of nitrogens with zero attached hydrogens (tertiary/aromatic N) is 2. The molecular formula is C24H28F4N2O4S. The number of hydrogen-bond donors (Lipinski definition) is 0. The average molecular weight is 517 g/mol. The van der Waals surface area contributed by atoms with Crippen molar-refractivity contribution in [3.8, 4) is 5.75 Å². The molecule has 1 fully saturated rings. The maximum Gasteiger partial charge on any atom is 0.416 e. The fraction of sp³-hybridized carbons (Fsp3) is 0.458. The van der Waals surface area contributed by atoms with Crippen molar-refractivity contribution in [3.63, 3.8) is 0 Å². The maximum atomic E-state index is 13.1. The number of carbonyl (C=O) groups is 1. The molecule has 0 N–H and O–H groups in total. The molecule has 35 heavy (non-hydrogen) atoms. The van der Waals surface area contributed by atoms with Crippen LogP contribution in [0.3, 0.4) is 0 Å². The Morgan fingerprint density at radius 2 is 1.63 bits per heavy atom. The summed E-state index contributed by atoms with van der Waals surface area (Å²) in [6.45, 7) is 4.41. The molecule has 1 aliphatic rings. The van der Waals surface area contributed by atoms with Gasteiger partial charge in [0.05, 0.1) is 17.1 Å². The standard InChI is InChI=1S/C24H28F4N2O4S/c1-23(2,11-4-16-34-20-6-3-5-18(17-20)24(26,27)28)22(31)29-12-14-30(15-13-29)35(32,33)21-9-7-19(25)8-10-21/h3,5-10,17H,4,11-16H2,1-2H3. The lowest BCUT2D eigenvalue weighted by atomic mass is 9.86. The summed E-state index contributed by atoms with van der Waals surface area (Å²) in [6, 6.07) is 9.25. The zero-order chi connectivity index (χ0) is 25.9. The summed E-state index contributed by atoms with van der Waals surface area (Å²) in [5, 5.41) is 0. The second-order valence-corrected chi connectivity index (χ2v) is 10.9. The molecule has 0 saturated carbocycles. The van der Waals surface area contributed by atoms with Gasteiger partial charge in [0.15, 0.2) is 0 Å². The number of ether oxygens (including phenoxy) is 1. The molecule has 1 saturated heterocycles. The van der Waals surface area contributed by atoms with Crippen LogP contribution in [0.15, 0.2) is 53.4 Å². The van der Waals surface area contributed by atoms with Crippen LogP contribution in [0.1, 0.15) is 32.3 Å². The molecule has 1 amide bonds. The van der Waals surface area contributed by atoms with E-state index in [1.165, 1.54) is 28.6 Å². The molecule has 2 aromatic carbocycles. The summed E-state index contributed by atoms with van der Waals surface area (Å²) in [5.41, 5.74) is -1.54. The molecule has 1 heterocycles. The highest BCUT2D eigenvalue weighted by Crippen LogP contribution is 2.32. The Hall–Kier alpha value is -2.66. The fourth-order valence-corrected chi connectivity index (χ4v) is 5.31. The Bertz CT molecular complexity index is 1130. The van der Waals surface area contributed by atoms with E-state index in [0.29, 0.717) is 12.8 Å². The van der Waals surface area contributed by atoms with Gasteiger partial charge in [-0.15, -0.1) is 0 Å². The van der Waals surface area contributed by atoms with Gasteiger partial charge in [-0.1, -0.05) is 19.9 Å². The molecular weight excluding hydrogens is 488 g/mol. The van der Waals surface area contributed by atoms with Gasteiger partial charge in [0.2, 0.25) is 15.9 Å². The Labute approximate surface area is 202 Å². The largest absolute Gasteiger partial charge is 0.494 e. The third-order valence-electron chi connectivity index (χ3n) is 5.93. The highest BCUT2D eigenvalue weighted by Gasteiger charge is 2.36. The molecule has 11 heteroatoms. The van der Waals surface area contributed by atoms with E-state index in [1.54, 1.807) is 18.7 Å². The number of piperazine rings is 1. The van der Waals surface area contributed by atoms with Crippen molar-refractivity contribution in [2.75, 3.05) is 32.8 Å². The average Bonchev–Trinajstić information content (AvgIpc) is 2.81. The summed E-state index contributed by atoms with van der Waals surface area (Å²) < 4.78 is 83.8. The van der Waals surface area contributed by atoms with Crippen LogP contribution in [0.25, 0.3) is 0 Å². The molecule has 0 unspecified atom stereocenters. The molecule has 0 radical (unpaired) electrons. The first-order valence-corrected chi connectivity index (χ1v) is 12.6. The minimum Gasteiger partial charge on any atom is -0.494 e. The summed E-state index contributed by atoms with van der Waals surface area (Å²) in [6.07, 6.45) is -3.55. The molecule has 0 bridgehead atoms. The van der Waals surface area contributed by atoms with E-state index in [2.05, 4.69) is 0 Å². The quantitative estimate of drug-likeness (QED) is 0.381. The van der Waals surface area contributed by atoms with E-state index in [4.69, 9.17) is 4.74 Å². The lowest BCUT2D eigenvalue weighted by Gasteiger charge is -2.38. The van der Waals surface area contributed by atoms with Gasteiger partial charge < -0.3 is 9.64 Å². The fourth-order valence-electron chi connectivity index (χ4n) is 3.89. The van der Waals surface area contributed by atoms with Crippen molar-refractivity contribution in [2.45, 2.75) is 37.8 Å². The zero-order valence-electron chi connectivity index (χ0n) is 19.5. The maximum absolute atomic E-state index is 13.1. The summed E-state index contributed by atoms with van der Waals surface area (Å²) in [5.74, 6) is -0.542. The number of hydrogen-bond acceptors (Lipinski definition) is 4. The molecule has 0 aliphatic carbocycles. The molecule has 2 aromatic rings. The van der Waals surface area contributed by atoms with Crippen molar-refractivity contribution in [1.29, 1.82) is 0 Å². The van der Waals surface area contributed by atoms with Crippen LogP contribution in [-0.4, -0.2) is 56.3 Å². The lowest BCUT2D eigenvalue weighted by molar-refractivity contribution is -0.142. The van der Waals surface area contributed by atoms with Gasteiger partial charge in [0, 0.05) is 31.6 Å². The molecule has 3 rings (SSSR count). The number of amides is 1. The third kappa shape index (κ3) is 6.72. The monoisotopic (exact) mass is 516 g/mol. The molecule has 0 spiro atoms. The minimum atomic E-state index is -4.45. The van der Waals surface area contributed by atoms with Gasteiger partial charge in [-0.25, -0.2) is 12.8 Å². The van der Waals surface area contributed by atoms with Crippen molar-refractivity contribution >= 4 is 15.9 Å². The van der Waals surface area contributed by atoms with Gasteiger partial charge in [-0.3, -0.25) is 4.79 Å². The Morgan fingerprint density at radius 3 is 2.23 bits per heavy atom. The molecule has 192 valence electrons. The topological polar surface area (TPSA) is 66.9 Å². The number of rotatable bonds is 8. The number of sulfonamides is 1. The Balaban J connectivity index is 1.49. The van der Waals surface area contributed by atoms with Gasteiger partial charge in [0.25, 0.3) is 0 Å². The van der Waals surface area contributed by atoms with E-state index in [1.807, 2.05) is 0 Å². The molecule has 0 aromatic heterocycles. The van der Waals surface area contributed by atoms with Crippen LogP contribution >= 0.6 is 0 Å². The summed E-state index contributed by atoms with van der Waals surface area (Å²) >= 11 is 0. The van der Waals surface area contributed by atoms with Crippen LogP contribution in [0.2, 0.25) is 0 Å². The lowest BCUT2D eigenvalue weighted by Crippen LogP contribution is -2.53. The first kappa shape index (κ1) is 26.9. The predicted octanol–water partition coefficient (Wildman–Crippen LogP) is 4.56. The van der Waals surface area contributed by atoms with Crippen molar-refractivity contribution < 1.29 is 35.5 Å². The van der Waals surface area contributed by atoms with Crippen LogP contribution in [-0.2, 0) is 21.0 Å². The van der Waals surface area contributed by atoms with Gasteiger partial charge in [-0.2, -0.15) is 17.5 Å². The van der Waals surface area contributed by atoms with Crippen molar-refractivity contribution in [2.24, 2.45) is 5.41 Å². The third-order valence-corrected chi connectivity index (χ3v) is 7.85.